The maximum Gasteiger partial charge on any atom is 0.137 e. The Hall–Kier alpha value is -1.16. The summed E-state index contributed by atoms with van der Waals surface area (Å²) in [6.45, 7) is 8.52. The van der Waals surface area contributed by atoms with Crippen LogP contribution in [0.5, 0.6) is 0 Å². The SMILES string of the molecule is CC=CC(OC)C(n1cncn1)C(C)(C)C. The van der Waals surface area contributed by atoms with Crippen molar-refractivity contribution < 1.29 is 4.74 Å². The molecule has 0 aliphatic carbocycles. The highest BCUT2D eigenvalue weighted by molar-refractivity contribution is 4.97. The minimum absolute atomic E-state index is 0.00620. The highest BCUT2D eigenvalue weighted by atomic mass is 16.5. The first-order valence-electron chi connectivity index (χ1n) is 5.50. The Kier molecular flexibility index (Phi) is 4.24. The molecule has 1 aromatic rings. The number of hydrogen-bond donors (Lipinski definition) is 0. The molecule has 0 aliphatic rings. The zero-order valence-corrected chi connectivity index (χ0v) is 10.7. The van der Waals surface area contributed by atoms with E-state index >= 15 is 0 Å². The van der Waals surface area contributed by atoms with Crippen LogP contribution in [0.25, 0.3) is 0 Å². The van der Waals surface area contributed by atoms with Crippen LogP contribution < -0.4 is 0 Å². The lowest BCUT2D eigenvalue weighted by Gasteiger charge is -2.34. The number of allylic oxidation sites excluding steroid dienone is 1. The molecule has 0 saturated heterocycles. The van der Waals surface area contributed by atoms with Gasteiger partial charge in [-0.05, 0) is 12.3 Å². The van der Waals surface area contributed by atoms with Crippen LogP contribution in [0.4, 0.5) is 0 Å². The Bertz CT molecular complexity index is 325. The molecule has 0 fully saturated rings. The minimum atomic E-state index is 0.00620. The van der Waals surface area contributed by atoms with Crippen molar-refractivity contribution in [3.8, 4) is 0 Å². The van der Waals surface area contributed by atoms with Crippen LogP contribution in [0.1, 0.15) is 33.7 Å². The van der Waals surface area contributed by atoms with Gasteiger partial charge >= 0.3 is 0 Å². The second-order valence-electron chi connectivity index (χ2n) is 4.91. The molecule has 4 heteroatoms. The summed E-state index contributed by atoms with van der Waals surface area (Å²) < 4.78 is 7.40. The molecule has 0 amide bonds. The average Bonchev–Trinajstić information content (AvgIpc) is 2.68. The molecule has 0 N–H and O–H groups in total. The Morgan fingerprint density at radius 2 is 2.06 bits per heavy atom. The summed E-state index contributed by atoms with van der Waals surface area (Å²) in [4.78, 5) is 4.01. The van der Waals surface area contributed by atoms with Crippen LogP contribution in [-0.2, 0) is 4.74 Å². The number of methoxy groups -OCH3 is 1. The topological polar surface area (TPSA) is 39.9 Å². The van der Waals surface area contributed by atoms with Crippen molar-refractivity contribution >= 4 is 0 Å². The Morgan fingerprint density at radius 1 is 1.38 bits per heavy atom. The minimum Gasteiger partial charge on any atom is -0.375 e. The number of nitrogens with zero attached hydrogens (tertiary/aromatic N) is 3. The first kappa shape index (κ1) is 12.9. The first-order chi connectivity index (χ1) is 7.50. The average molecular weight is 223 g/mol. The van der Waals surface area contributed by atoms with Gasteiger partial charge < -0.3 is 4.74 Å². The number of rotatable bonds is 4. The normalized spacial score (nSPS) is 16.6. The highest BCUT2D eigenvalue weighted by Gasteiger charge is 2.33. The van der Waals surface area contributed by atoms with Crippen LogP contribution in [0, 0.1) is 5.41 Å². The molecule has 16 heavy (non-hydrogen) atoms. The van der Waals surface area contributed by atoms with Gasteiger partial charge in [0.15, 0.2) is 0 Å². The van der Waals surface area contributed by atoms with Crippen molar-refractivity contribution in [3.05, 3.63) is 24.8 Å². The van der Waals surface area contributed by atoms with Crippen molar-refractivity contribution in [1.29, 1.82) is 0 Å². The Balaban J connectivity index is 3.05. The Labute approximate surface area is 97.3 Å². The molecule has 1 heterocycles. The van der Waals surface area contributed by atoms with E-state index in [9.17, 15) is 0 Å². The van der Waals surface area contributed by atoms with Gasteiger partial charge in [0.25, 0.3) is 0 Å². The van der Waals surface area contributed by atoms with Crippen molar-refractivity contribution in [2.75, 3.05) is 7.11 Å². The van der Waals surface area contributed by atoms with Gasteiger partial charge in [-0.3, -0.25) is 0 Å². The summed E-state index contributed by atoms with van der Waals surface area (Å²) in [5.41, 5.74) is 0.0495. The van der Waals surface area contributed by atoms with Crippen LogP contribution in [0.3, 0.4) is 0 Å². The third kappa shape index (κ3) is 2.92. The molecular formula is C12H21N3O. The zero-order valence-electron chi connectivity index (χ0n) is 10.7. The number of aromatic nitrogens is 3. The molecule has 0 bridgehead atoms. The quantitative estimate of drug-likeness (QED) is 0.736. The van der Waals surface area contributed by atoms with Crippen molar-refractivity contribution in [2.45, 2.75) is 39.8 Å². The molecule has 4 nitrogen and oxygen atoms in total. The standard InChI is InChI=1S/C12H21N3O/c1-6-7-10(16-5)11(12(2,3)4)15-9-13-8-14-15/h6-11H,1-5H3. The smallest absolute Gasteiger partial charge is 0.137 e. The van der Waals surface area contributed by atoms with Gasteiger partial charge in [-0.15, -0.1) is 0 Å². The van der Waals surface area contributed by atoms with E-state index in [1.165, 1.54) is 0 Å². The number of hydrogen-bond acceptors (Lipinski definition) is 3. The second-order valence-corrected chi connectivity index (χ2v) is 4.91. The zero-order chi connectivity index (χ0) is 12.2. The molecule has 0 spiro atoms. The molecule has 90 valence electrons. The molecule has 2 unspecified atom stereocenters. The monoisotopic (exact) mass is 223 g/mol. The van der Waals surface area contributed by atoms with E-state index in [0.29, 0.717) is 0 Å². The molecule has 0 aromatic carbocycles. The summed E-state index contributed by atoms with van der Waals surface area (Å²) in [7, 11) is 1.72. The maximum atomic E-state index is 5.53. The van der Waals surface area contributed by atoms with Gasteiger partial charge in [0.1, 0.15) is 12.7 Å². The summed E-state index contributed by atoms with van der Waals surface area (Å²) in [5.74, 6) is 0. The molecule has 0 saturated carbocycles. The van der Waals surface area contributed by atoms with Crippen molar-refractivity contribution in [3.63, 3.8) is 0 Å². The third-order valence-corrected chi connectivity index (χ3v) is 2.57. The van der Waals surface area contributed by atoms with E-state index in [1.54, 1.807) is 19.8 Å². The lowest BCUT2D eigenvalue weighted by molar-refractivity contribution is 0.0371. The van der Waals surface area contributed by atoms with Crippen LogP contribution in [0.2, 0.25) is 0 Å². The Morgan fingerprint density at radius 3 is 2.44 bits per heavy atom. The van der Waals surface area contributed by atoms with E-state index in [-0.39, 0.29) is 17.6 Å². The van der Waals surface area contributed by atoms with Gasteiger partial charge in [-0.25, -0.2) is 9.67 Å². The second kappa shape index (κ2) is 5.25. The summed E-state index contributed by atoms with van der Waals surface area (Å²) >= 11 is 0. The maximum absolute atomic E-state index is 5.53. The highest BCUT2D eigenvalue weighted by Crippen LogP contribution is 2.34. The van der Waals surface area contributed by atoms with E-state index in [2.05, 4.69) is 36.9 Å². The van der Waals surface area contributed by atoms with Gasteiger partial charge in [0.2, 0.25) is 0 Å². The summed E-state index contributed by atoms with van der Waals surface area (Å²) in [6.07, 6.45) is 7.36. The molecule has 1 rings (SSSR count). The molecule has 2 atom stereocenters. The molecular weight excluding hydrogens is 202 g/mol. The van der Waals surface area contributed by atoms with Gasteiger partial charge in [0.05, 0.1) is 12.1 Å². The molecule has 0 aliphatic heterocycles. The van der Waals surface area contributed by atoms with Gasteiger partial charge in [-0.2, -0.15) is 5.10 Å². The predicted octanol–water partition coefficient (Wildman–Crippen LogP) is 2.46. The molecule has 1 aromatic heterocycles. The van der Waals surface area contributed by atoms with Crippen LogP contribution in [-0.4, -0.2) is 28.0 Å². The third-order valence-electron chi connectivity index (χ3n) is 2.57. The van der Waals surface area contributed by atoms with Crippen molar-refractivity contribution in [1.82, 2.24) is 14.8 Å². The van der Waals surface area contributed by atoms with E-state index in [1.807, 2.05) is 17.7 Å². The molecule has 0 radical (unpaired) electrons. The number of ether oxygens (including phenoxy) is 1. The van der Waals surface area contributed by atoms with Gasteiger partial charge in [0, 0.05) is 7.11 Å². The van der Waals surface area contributed by atoms with Crippen LogP contribution in [0.15, 0.2) is 24.8 Å². The fourth-order valence-corrected chi connectivity index (χ4v) is 1.90. The van der Waals surface area contributed by atoms with E-state index in [4.69, 9.17) is 4.74 Å². The van der Waals surface area contributed by atoms with Crippen LogP contribution >= 0.6 is 0 Å². The largest absolute Gasteiger partial charge is 0.375 e. The fourth-order valence-electron chi connectivity index (χ4n) is 1.90. The fraction of sp³-hybridized carbons (Fsp3) is 0.667. The summed E-state index contributed by atoms with van der Waals surface area (Å²) in [6, 6.07) is 0.135. The van der Waals surface area contributed by atoms with Crippen molar-refractivity contribution in [2.24, 2.45) is 5.41 Å². The summed E-state index contributed by atoms with van der Waals surface area (Å²) in [5, 5.41) is 4.23. The lowest BCUT2D eigenvalue weighted by Crippen LogP contribution is -2.35. The predicted molar refractivity (Wildman–Crippen MR) is 64.1 cm³/mol. The first-order valence-corrected chi connectivity index (χ1v) is 5.50. The van der Waals surface area contributed by atoms with E-state index < -0.39 is 0 Å². The van der Waals surface area contributed by atoms with E-state index in [0.717, 1.165) is 0 Å². The van der Waals surface area contributed by atoms with Gasteiger partial charge in [-0.1, -0.05) is 32.9 Å². The lowest BCUT2D eigenvalue weighted by atomic mass is 9.83.